The van der Waals surface area contributed by atoms with Gasteiger partial charge in [0.2, 0.25) is 11.9 Å². The minimum Gasteiger partial charge on any atom is -0.378 e. The minimum absolute atomic E-state index is 0.0467. The van der Waals surface area contributed by atoms with E-state index in [1.54, 1.807) is 65.6 Å². The van der Waals surface area contributed by atoms with Crippen LogP contribution in [0.2, 0.25) is 0 Å². The molecule has 0 saturated carbocycles. The topological polar surface area (TPSA) is 172 Å². The molecule has 0 spiro atoms. The molecule has 4 aromatic rings. The minimum atomic E-state index is -5.24. The fourth-order valence-electron chi connectivity index (χ4n) is 4.25. The number of rotatable bonds is 8. The second-order valence-corrected chi connectivity index (χ2v) is 11.6. The molecule has 1 aliphatic heterocycles. The van der Waals surface area contributed by atoms with Gasteiger partial charge in [-0.15, -0.1) is 0 Å². The van der Waals surface area contributed by atoms with Crippen molar-refractivity contribution in [3.8, 4) is 11.4 Å². The SMILES string of the molecule is O=S(=O)(O)c1c(C=Cc2ccccc2)ccc(-c2nc(Nc3ccccc3)nc(N3CCOCC3)n2)c1S(=O)(=O)O. The third kappa shape index (κ3) is 6.75. The molecule has 1 saturated heterocycles. The first kappa shape index (κ1) is 28.3. The molecule has 0 amide bonds. The number of morpholine rings is 1. The van der Waals surface area contributed by atoms with Crippen molar-refractivity contribution in [3.05, 3.63) is 83.9 Å². The second-order valence-electron chi connectivity index (χ2n) is 8.93. The maximum atomic E-state index is 12.7. The number of hydrogen-bond donors (Lipinski definition) is 3. The Kier molecular flexibility index (Phi) is 8.10. The predicted molar refractivity (Wildman–Crippen MR) is 153 cm³/mol. The Labute approximate surface area is 236 Å². The van der Waals surface area contributed by atoms with Crippen LogP contribution < -0.4 is 10.2 Å². The summed E-state index contributed by atoms with van der Waals surface area (Å²) in [6, 6.07) is 20.4. The quantitative estimate of drug-likeness (QED) is 0.199. The molecule has 1 fully saturated rings. The van der Waals surface area contributed by atoms with Crippen molar-refractivity contribution in [1.82, 2.24) is 15.0 Å². The standard InChI is InChI=1S/C27H25N5O7S2/c33-40(34,35)23-20(12-11-19-7-3-1-4-8-19)13-14-22(24(23)41(36,37)38)25-29-26(28-21-9-5-2-6-10-21)31-27(30-25)32-15-17-39-18-16-32/h1-14H,15-18H2,(H,33,34,35)(H,36,37,38)(H,28,29,30,31). The molecule has 1 aromatic heterocycles. The van der Waals surface area contributed by atoms with Crippen LogP contribution in [-0.2, 0) is 25.0 Å². The van der Waals surface area contributed by atoms with Gasteiger partial charge in [0.15, 0.2) is 5.82 Å². The van der Waals surface area contributed by atoms with Crippen molar-refractivity contribution in [2.24, 2.45) is 0 Å². The monoisotopic (exact) mass is 595 g/mol. The fraction of sp³-hybridized carbons (Fsp3) is 0.148. The Morgan fingerprint density at radius 2 is 1.39 bits per heavy atom. The van der Waals surface area contributed by atoms with E-state index >= 15 is 0 Å². The molecule has 0 radical (unpaired) electrons. The van der Waals surface area contributed by atoms with Crippen LogP contribution in [0.3, 0.4) is 0 Å². The number of nitrogens with zero attached hydrogens (tertiary/aromatic N) is 4. The summed E-state index contributed by atoms with van der Waals surface area (Å²) in [6.45, 7) is 1.71. The van der Waals surface area contributed by atoms with Crippen molar-refractivity contribution in [3.63, 3.8) is 0 Å². The molecular formula is C27H25N5O7S2. The number of benzene rings is 3. The van der Waals surface area contributed by atoms with Crippen LogP contribution in [-0.4, -0.2) is 67.2 Å². The van der Waals surface area contributed by atoms with Gasteiger partial charge < -0.3 is 15.0 Å². The lowest BCUT2D eigenvalue weighted by atomic mass is 10.1. The lowest BCUT2D eigenvalue weighted by Gasteiger charge is -2.27. The largest absolute Gasteiger partial charge is 0.378 e. The summed E-state index contributed by atoms with van der Waals surface area (Å²) in [5.41, 5.74) is 0.811. The van der Waals surface area contributed by atoms with Crippen molar-refractivity contribution < 1.29 is 30.7 Å². The molecule has 5 rings (SSSR count). The van der Waals surface area contributed by atoms with Crippen LogP contribution in [0.25, 0.3) is 23.5 Å². The normalized spacial score (nSPS) is 14.3. The molecule has 3 aromatic carbocycles. The average molecular weight is 596 g/mol. The average Bonchev–Trinajstić information content (AvgIpc) is 2.96. The van der Waals surface area contributed by atoms with E-state index in [0.29, 0.717) is 37.6 Å². The van der Waals surface area contributed by atoms with Gasteiger partial charge in [-0.05, 0) is 29.3 Å². The van der Waals surface area contributed by atoms with Gasteiger partial charge in [-0.1, -0.05) is 66.7 Å². The van der Waals surface area contributed by atoms with E-state index in [2.05, 4.69) is 20.3 Å². The number of nitrogens with one attached hydrogen (secondary N) is 1. The first-order chi connectivity index (χ1) is 19.6. The third-order valence-corrected chi connectivity index (χ3v) is 8.13. The Bertz CT molecular complexity index is 1790. The van der Waals surface area contributed by atoms with E-state index in [0.717, 1.165) is 0 Å². The van der Waals surface area contributed by atoms with E-state index in [4.69, 9.17) is 4.74 Å². The van der Waals surface area contributed by atoms with E-state index < -0.39 is 30.0 Å². The summed E-state index contributed by atoms with van der Waals surface area (Å²) in [6.07, 6.45) is 2.87. The molecule has 0 aliphatic carbocycles. The van der Waals surface area contributed by atoms with Crippen LogP contribution in [0, 0.1) is 0 Å². The van der Waals surface area contributed by atoms with Gasteiger partial charge in [-0.3, -0.25) is 9.11 Å². The lowest BCUT2D eigenvalue weighted by molar-refractivity contribution is 0.122. The van der Waals surface area contributed by atoms with Crippen LogP contribution in [0.5, 0.6) is 0 Å². The molecule has 3 N–H and O–H groups in total. The zero-order valence-electron chi connectivity index (χ0n) is 21.5. The highest BCUT2D eigenvalue weighted by Gasteiger charge is 2.32. The lowest BCUT2D eigenvalue weighted by Crippen LogP contribution is -2.37. The molecule has 2 heterocycles. The summed E-state index contributed by atoms with van der Waals surface area (Å²) in [7, 11) is -10.4. The van der Waals surface area contributed by atoms with Crippen LogP contribution in [0.1, 0.15) is 11.1 Å². The highest BCUT2D eigenvalue weighted by atomic mass is 32.2. The first-order valence-corrected chi connectivity index (χ1v) is 15.2. The summed E-state index contributed by atoms with van der Waals surface area (Å²) in [5, 5.41) is 3.04. The smallest absolute Gasteiger partial charge is 0.296 e. The van der Waals surface area contributed by atoms with Gasteiger partial charge in [0.05, 0.1) is 13.2 Å². The Morgan fingerprint density at radius 1 is 0.756 bits per heavy atom. The molecule has 212 valence electrons. The molecular weight excluding hydrogens is 570 g/mol. The van der Waals surface area contributed by atoms with Crippen LogP contribution in [0.4, 0.5) is 17.6 Å². The fourth-order valence-corrected chi connectivity index (χ4v) is 6.45. The van der Waals surface area contributed by atoms with Gasteiger partial charge in [0.1, 0.15) is 9.79 Å². The predicted octanol–water partition coefficient (Wildman–Crippen LogP) is 3.78. The first-order valence-electron chi connectivity index (χ1n) is 12.4. The van der Waals surface area contributed by atoms with Gasteiger partial charge in [-0.2, -0.15) is 31.8 Å². The van der Waals surface area contributed by atoms with E-state index in [1.807, 2.05) is 6.07 Å². The second kappa shape index (κ2) is 11.7. The number of anilines is 3. The molecule has 1 aliphatic rings. The molecule has 0 unspecified atom stereocenters. The molecule has 12 nitrogen and oxygen atoms in total. The number of aromatic nitrogens is 3. The number of ether oxygens (including phenoxy) is 1. The molecule has 14 heteroatoms. The zero-order valence-corrected chi connectivity index (χ0v) is 23.1. The maximum Gasteiger partial charge on any atom is 0.296 e. The van der Waals surface area contributed by atoms with Crippen LogP contribution in [0.15, 0.2) is 82.6 Å². The molecule has 41 heavy (non-hydrogen) atoms. The third-order valence-electron chi connectivity index (χ3n) is 6.10. The summed E-state index contributed by atoms with van der Waals surface area (Å²) in [4.78, 5) is 13.0. The summed E-state index contributed by atoms with van der Waals surface area (Å²) < 4.78 is 76.5. The highest BCUT2D eigenvalue weighted by Crippen LogP contribution is 2.35. The van der Waals surface area contributed by atoms with E-state index in [-0.39, 0.29) is 28.8 Å². The van der Waals surface area contributed by atoms with Gasteiger partial charge in [0, 0.05) is 24.3 Å². The molecule has 0 atom stereocenters. The zero-order chi connectivity index (χ0) is 29.0. The molecule has 0 bridgehead atoms. The van der Waals surface area contributed by atoms with Crippen LogP contribution >= 0.6 is 0 Å². The highest BCUT2D eigenvalue weighted by molar-refractivity contribution is 7.89. The summed E-state index contributed by atoms with van der Waals surface area (Å²) in [5.74, 6) is -0.0130. The number of hydrogen-bond acceptors (Lipinski definition) is 10. The Morgan fingerprint density at radius 3 is 2.02 bits per heavy atom. The van der Waals surface area contributed by atoms with E-state index in [1.165, 1.54) is 18.2 Å². The van der Waals surface area contributed by atoms with Gasteiger partial charge >= 0.3 is 0 Å². The Balaban J connectivity index is 1.72. The van der Waals surface area contributed by atoms with Crippen molar-refractivity contribution in [2.45, 2.75) is 9.79 Å². The maximum absolute atomic E-state index is 12.7. The number of para-hydroxylation sites is 1. The summed E-state index contributed by atoms with van der Waals surface area (Å²) >= 11 is 0. The van der Waals surface area contributed by atoms with E-state index in [9.17, 15) is 25.9 Å². The van der Waals surface area contributed by atoms with Gasteiger partial charge in [-0.25, -0.2) is 0 Å². The Hall–Kier alpha value is -4.21. The van der Waals surface area contributed by atoms with Crippen molar-refractivity contribution >= 4 is 50.0 Å². The van der Waals surface area contributed by atoms with Gasteiger partial charge in [0.25, 0.3) is 20.2 Å². The van der Waals surface area contributed by atoms with Crippen molar-refractivity contribution in [1.29, 1.82) is 0 Å². The van der Waals surface area contributed by atoms with Crippen molar-refractivity contribution in [2.75, 3.05) is 36.5 Å².